The molecule has 1 aromatic rings. The predicted molar refractivity (Wildman–Crippen MR) is 76.1 cm³/mol. The fraction of sp³-hybridized carbons (Fsp3) is 0.625. The van der Waals surface area contributed by atoms with Gasteiger partial charge in [0.15, 0.2) is 0 Å². The molecule has 1 aromatic carbocycles. The van der Waals surface area contributed by atoms with Gasteiger partial charge in [-0.25, -0.2) is 0 Å². The fourth-order valence-electron chi connectivity index (χ4n) is 2.19. The Hall–Kier alpha value is -1.02. The SMILES string of the molecule is Cc1ccc(CCCCN)c(OCC2CC2)c1C. The van der Waals surface area contributed by atoms with Crippen molar-refractivity contribution in [1.82, 2.24) is 0 Å². The van der Waals surface area contributed by atoms with Gasteiger partial charge in [-0.1, -0.05) is 12.1 Å². The lowest BCUT2D eigenvalue weighted by molar-refractivity contribution is 0.294. The predicted octanol–water partition coefficient (Wildman–Crippen LogP) is 3.37. The van der Waals surface area contributed by atoms with Gasteiger partial charge in [-0.3, -0.25) is 0 Å². The molecule has 0 aliphatic heterocycles. The van der Waals surface area contributed by atoms with Gasteiger partial charge in [0.25, 0.3) is 0 Å². The van der Waals surface area contributed by atoms with Gasteiger partial charge < -0.3 is 10.5 Å². The lowest BCUT2D eigenvalue weighted by Crippen LogP contribution is -2.05. The van der Waals surface area contributed by atoms with Gasteiger partial charge in [0, 0.05) is 0 Å². The van der Waals surface area contributed by atoms with Crippen molar-refractivity contribution in [3.8, 4) is 5.75 Å². The highest BCUT2D eigenvalue weighted by atomic mass is 16.5. The molecule has 2 N–H and O–H groups in total. The van der Waals surface area contributed by atoms with Gasteiger partial charge >= 0.3 is 0 Å². The van der Waals surface area contributed by atoms with E-state index in [4.69, 9.17) is 10.5 Å². The molecule has 18 heavy (non-hydrogen) atoms. The van der Waals surface area contributed by atoms with Crippen LogP contribution in [0, 0.1) is 19.8 Å². The number of hydrogen-bond donors (Lipinski definition) is 1. The molecular formula is C16H25NO. The van der Waals surface area contributed by atoms with Crippen LogP contribution < -0.4 is 10.5 Å². The molecule has 2 heteroatoms. The lowest BCUT2D eigenvalue weighted by Gasteiger charge is -2.16. The van der Waals surface area contributed by atoms with E-state index in [1.54, 1.807) is 0 Å². The van der Waals surface area contributed by atoms with E-state index in [9.17, 15) is 0 Å². The van der Waals surface area contributed by atoms with Crippen LogP contribution in [0.2, 0.25) is 0 Å². The van der Waals surface area contributed by atoms with E-state index >= 15 is 0 Å². The van der Waals surface area contributed by atoms with Crippen LogP contribution in [0.4, 0.5) is 0 Å². The third-order valence-corrected chi connectivity index (χ3v) is 3.82. The number of unbranched alkanes of at least 4 members (excludes halogenated alkanes) is 1. The van der Waals surface area contributed by atoms with Crippen LogP contribution in [-0.4, -0.2) is 13.2 Å². The first-order valence-corrected chi connectivity index (χ1v) is 7.14. The summed E-state index contributed by atoms with van der Waals surface area (Å²) in [5.74, 6) is 1.95. The van der Waals surface area contributed by atoms with Crippen molar-refractivity contribution >= 4 is 0 Å². The second kappa shape index (κ2) is 6.24. The van der Waals surface area contributed by atoms with Gasteiger partial charge in [0.2, 0.25) is 0 Å². The Morgan fingerprint density at radius 2 is 2.00 bits per heavy atom. The smallest absolute Gasteiger partial charge is 0.125 e. The largest absolute Gasteiger partial charge is 0.493 e. The molecule has 0 saturated heterocycles. The minimum Gasteiger partial charge on any atom is -0.493 e. The van der Waals surface area contributed by atoms with Gasteiger partial charge in [-0.15, -0.1) is 0 Å². The summed E-state index contributed by atoms with van der Waals surface area (Å²) in [5.41, 5.74) is 9.54. The molecule has 0 bridgehead atoms. The molecule has 1 fully saturated rings. The second-order valence-electron chi connectivity index (χ2n) is 5.50. The first-order chi connectivity index (χ1) is 8.72. The average Bonchev–Trinajstić information content (AvgIpc) is 3.17. The summed E-state index contributed by atoms with van der Waals surface area (Å²) in [6, 6.07) is 4.43. The third-order valence-electron chi connectivity index (χ3n) is 3.82. The van der Waals surface area contributed by atoms with Crippen molar-refractivity contribution in [3.05, 3.63) is 28.8 Å². The topological polar surface area (TPSA) is 35.2 Å². The molecule has 0 atom stereocenters. The summed E-state index contributed by atoms with van der Waals surface area (Å²) in [7, 11) is 0. The molecule has 1 aliphatic carbocycles. The fourth-order valence-corrected chi connectivity index (χ4v) is 2.19. The number of nitrogens with two attached hydrogens (primary N) is 1. The number of hydrogen-bond acceptors (Lipinski definition) is 2. The summed E-state index contributed by atoms with van der Waals surface area (Å²) in [4.78, 5) is 0. The summed E-state index contributed by atoms with van der Waals surface area (Å²) < 4.78 is 6.07. The number of rotatable bonds is 7. The number of benzene rings is 1. The maximum Gasteiger partial charge on any atom is 0.125 e. The van der Waals surface area contributed by atoms with Crippen LogP contribution in [0.5, 0.6) is 5.75 Å². The molecule has 2 nitrogen and oxygen atoms in total. The van der Waals surface area contributed by atoms with Gasteiger partial charge in [0.05, 0.1) is 6.61 Å². The lowest BCUT2D eigenvalue weighted by atomic mass is 10.0. The quantitative estimate of drug-likeness (QED) is 0.750. The summed E-state index contributed by atoms with van der Waals surface area (Å²) in [6.45, 7) is 6.00. The Balaban J connectivity index is 2.06. The summed E-state index contributed by atoms with van der Waals surface area (Å²) in [6.07, 6.45) is 6.01. The molecule has 1 aliphatic rings. The summed E-state index contributed by atoms with van der Waals surface area (Å²) in [5, 5.41) is 0. The van der Waals surface area contributed by atoms with Gasteiger partial charge in [-0.05, 0) is 75.1 Å². The highest BCUT2D eigenvalue weighted by Crippen LogP contribution is 2.33. The van der Waals surface area contributed by atoms with E-state index in [0.29, 0.717) is 0 Å². The molecule has 2 rings (SSSR count). The van der Waals surface area contributed by atoms with E-state index in [1.165, 1.54) is 29.5 Å². The van der Waals surface area contributed by atoms with E-state index in [1.807, 2.05) is 0 Å². The normalized spacial score (nSPS) is 14.8. The van der Waals surface area contributed by atoms with E-state index < -0.39 is 0 Å². The highest BCUT2D eigenvalue weighted by molar-refractivity contribution is 5.45. The van der Waals surface area contributed by atoms with Crippen LogP contribution in [-0.2, 0) is 6.42 Å². The Morgan fingerprint density at radius 1 is 1.22 bits per heavy atom. The highest BCUT2D eigenvalue weighted by Gasteiger charge is 2.22. The Morgan fingerprint density at radius 3 is 2.67 bits per heavy atom. The van der Waals surface area contributed by atoms with E-state index in [2.05, 4.69) is 26.0 Å². The van der Waals surface area contributed by atoms with Crippen LogP contribution >= 0.6 is 0 Å². The van der Waals surface area contributed by atoms with Gasteiger partial charge in [0.1, 0.15) is 5.75 Å². The first kappa shape index (κ1) is 13.4. The second-order valence-corrected chi connectivity index (χ2v) is 5.50. The Labute approximate surface area is 111 Å². The van der Waals surface area contributed by atoms with E-state index in [-0.39, 0.29) is 0 Å². The van der Waals surface area contributed by atoms with Crippen molar-refractivity contribution in [2.24, 2.45) is 11.7 Å². The number of aryl methyl sites for hydroxylation is 2. The van der Waals surface area contributed by atoms with Crippen LogP contribution in [0.1, 0.15) is 42.4 Å². The molecule has 0 heterocycles. The van der Waals surface area contributed by atoms with Crippen molar-refractivity contribution in [2.75, 3.05) is 13.2 Å². The van der Waals surface area contributed by atoms with Crippen LogP contribution in [0.25, 0.3) is 0 Å². The van der Waals surface area contributed by atoms with E-state index in [0.717, 1.165) is 44.1 Å². The van der Waals surface area contributed by atoms with Crippen molar-refractivity contribution < 1.29 is 4.74 Å². The minimum absolute atomic E-state index is 0.781. The van der Waals surface area contributed by atoms with Crippen molar-refractivity contribution in [2.45, 2.75) is 46.0 Å². The minimum atomic E-state index is 0.781. The molecule has 0 unspecified atom stereocenters. The molecule has 0 amide bonds. The van der Waals surface area contributed by atoms with Crippen LogP contribution in [0.3, 0.4) is 0 Å². The molecule has 0 spiro atoms. The first-order valence-electron chi connectivity index (χ1n) is 7.14. The third kappa shape index (κ3) is 3.49. The molecular weight excluding hydrogens is 222 g/mol. The molecule has 0 radical (unpaired) electrons. The zero-order chi connectivity index (χ0) is 13.0. The van der Waals surface area contributed by atoms with Crippen molar-refractivity contribution in [1.29, 1.82) is 0 Å². The average molecular weight is 247 g/mol. The standard InChI is InChI=1S/C16H25NO/c1-12-6-9-15(5-3-4-10-17)16(13(12)2)18-11-14-7-8-14/h6,9,14H,3-5,7-8,10-11,17H2,1-2H3. The monoisotopic (exact) mass is 247 g/mol. The molecule has 100 valence electrons. The maximum absolute atomic E-state index is 6.07. The maximum atomic E-state index is 6.07. The molecule has 0 aromatic heterocycles. The van der Waals surface area contributed by atoms with Gasteiger partial charge in [-0.2, -0.15) is 0 Å². The van der Waals surface area contributed by atoms with Crippen LogP contribution in [0.15, 0.2) is 12.1 Å². The number of ether oxygens (including phenoxy) is 1. The Kier molecular flexibility index (Phi) is 4.65. The zero-order valence-corrected chi connectivity index (χ0v) is 11.7. The Bertz CT molecular complexity index is 396. The molecule has 1 saturated carbocycles. The van der Waals surface area contributed by atoms with Crippen molar-refractivity contribution in [3.63, 3.8) is 0 Å². The zero-order valence-electron chi connectivity index (χ0n) is 11.7. The summed E-state index contributed by atoms with van der Waals surface area (Å²) >= 11 is 0.